The fourth-order valence-electron chi connectivity index (χ4n) is 0.645. The molecule has 1 rings (SSSR count). The zero-order valence-electron chi connectivity index (χ0n) is 5.71. The summed E-state index contributed by atoms with van der Waals surface area (Å²) in [5.41, 5.74) is 0. The lowest BCUT2D eigenvalue weighted by Crippen LogP contribution is -2.21. The first-order valence-electron chi connectivity index (χ1n) is 3.12. The lowest BCUT2D eigenvalue weighted by molar-refractivity contribution is -0.0153. The zero-order valence-corrected chi connectivity index (χ0v) is 6.53. The molecule has 0 saturated heterocycles. The Hall–Kier alpha value is -0.490. The molecule has 0 bridgehead atoms. The van der Waals surface area contributed by atoms with E-state index in [2.05, 4.69) is 4.98 Å². The van der Waals surface area contributed by atoms with Crippen molar-refractivity contribution in [3.05, 3.63) is 16.6 Å². The molecule has 0 aliphatic rings. The first-order chi connectivity index (χ1) is 5.25. The summed E-state index contributed by atoms with van der Waals surface area (Å²) in [6, 6.07) is 0. The predicted molar refractivity (Wildman–Crippen MR) is 40.2 cm³/mol. The molecule has 0 saturated carbocycles. The molecule has 5 heteroatoms. The van der Waals surface area contributed by atoms with Crippen LogP contribution in [0.25, 0.3) is 0 Å². The molecule has 1 aromatic heterocycles. The third kappa shape index (κ3) is 1.97. The van der Waals surface area contributed by atoms with Gasteiger partial charge < -0.3 is 15.3 Å². The first-order valence-corrected chi connectivity index (χ1v) is 4.00. The Morgan fingerprint density at radius 2 is 2.27 bits per heavy atom. The maximum Gasteiger partial charge on any atom is 0.134 e. The van der Waals surface area contributed by atoms with Crippen LogP contribution < -0.4 is 0 Å². The quantitative estimate of drug-likeness (QED) is 0.580. The zero-order chi connectivity index (χ0) is 8.27. The van der Waals surface area contributed by atoms with Crippen molar-refractivity contribution in [2.75, 3.05) is 6.61 Å². The fraction of sp³-hybridized carbons (Fsp3) is 0.500. The van der Waals surface area contributed by atoms with Crippen molar-refractivity contribution in [2.45, 2.75) is 12.2 Å². The summed E-state index contributed by atoms with van der Waals surface area (Å²) in [4.78, 5) is 3.78. The van der Waals surface area contributed by atoms with E-state index in [-0.39, 0.29) is 0 Å². The number of aliphatic hydroxyl groups is 3. The average Bonchev–Trinajstić information content (AvgIpc) is 2.53. The van der Waals surface area contributed by atoms with E-state index in [1.54, 1.807) is 5.38 Å². The molecule has 2 unspecified atom stereocenters. The van der Waals surface area contributed by atoms with Gasteiger partial charge in [-0.25, -0.2) is 4.98 Å². The van der Waals surface area contributed by atoms with Gasteiger partial charge >= 0.3 is 0 Å². The summed E-state index contributed by atoms with van der Waals surface area (Å²) < 4.78 is 0. The molecule has 0 amide bonds. The van der Waals surface area contributed by atoms with Gasteiger partial charge in [-0.1, -0.05) is 0 Å². The molecule has 0 fully saturated rings. The van der Waals surface area contributed by atoms with E-state index < -0.39 is 18.8 Å². The molecular weight excluding hydrogens is 166 g/mol. The smallest absolute Gasteiger partial charge is 0.134 e. The largest absolute Gasteiger partial charge is 0.394 e. The fourth-order valence-corrected chi connectivity index (χ4v) is 1.32. The second-order valence-electron chi connectivity index (χ2n) is 2.07. The van der Waals surface area contributed by atoms with Gasteiger partial charge in [-0.15, -0.1) is 11.3 Å². The molecular formula is C6H9NO3S. The van der Waals surface area contributed by atoms with Gasteiger partial charge in [-0.2, -0.15) is 0 Å². The van der Waals surface area contributed by atoms with Crippen LogP contribution in [0.15, 0.2) is 11.6 Å². The maximum absolute atomic E-state index is 9.22. The predicted octanol–water partition coefficient (Wildman–Crippen LogP) is -0.470. The molecule has 0 aromatic carbocycles. The van der Waals surface area contributed by atoms with Crippen LogP contribution in [0.2, 0.25) is 0 Å². The van der Waals surface area contributed by atoms with Crippen molar-refractivity contribution in [1.82, 2.24) is 4.98 Å². The molecule has 4 nitrogen and oxygen atoms in total. The van der Waals surface area contributed by atoms with Crippen LogP contribution >= 0.6 is 11.3 Å². The number of hydrogen-bond donors (Lipinski definition) is 3. The summed E-state index contributed by atoms with van der Waals surface area (Å²) in [6.45, 7) is -0.458. The van der Waals surface area contributed by atoms with E-state index >= 15 is 0 Å². The van der Waals surface area contributed by atoms with Crippen molar-refractivity contribution >= 4 is 11.3 Å². The van der Waals surface area contributed by atoms with Gasteiger partial charge in [0.05, 0.1) is 6.61 Å². The third-order valence-electron chi connectivity index (χ3n) is 1.26. The van der Waals surface area contributed by atoms with Gasteiger partial charge in [0.2, 0.25) is 0 Å². The second-order valence-corrected chi connectivity index (χ2v) is 2.99. The van der Waals surface area contributed by atoms with Gasteiger partial charge in [-0.05, 0) is 0 Å². The van der Waals surface area contributed by atoms with Gasteiger partial charge in [-0.3, -0.25) is 0 Å². The highest BCUT2D eigenvalue weighted by Gasteiger charge is 2.18. The second kappa shape index (κ2) is 3.77. The van der Waals surface area contributed by atoms with Gasteiger partial charge in [0.1, 0.15) is 17.2 Å². The highest BCUT2D eigenvalue weighted by Crippen LogP contribution is 2.18. The van der Waals surface area contributed by atoms with Gasteiger partial charge in [0.15, 0.2) is 0 Å². The Morgan fingerprint density at radius 3 is 2.73 bits per heavy atom. The summed E-state index contributed by atoms with van der Waals surface area (Å²) in [7, 11) is 0. The molecule has 0 aliphatic heterocycles. The van der Waals surface area contributed by atoms with Crippen molar-refractivity contribution in [2.24, 2.45) is 0 Å². The van der Waals surface area contributed by atoms with Crippen LogP contribution in [-0.2, 0) is 0 Å². The van der Waals surface area contributed by atoms with Crippen LogP contribution in [0, 0.1) is 0 Å². The van der Waals surface area contributed by atoms with E-state index in [9.17, 15) is 5.11 Å². The molecule has 1 heterocycles. The Kier molecular flexibility index (Phi) is 2.95. The van der Waals surface area contributed by atoms with Gasteiger partial charge in [0.25, 0.3) is 0 Å². The molecule has 11 heavy (non-hydrogen) atoms. The van der Waals surface area contributed by atoms with E-state index in [0.29, 0.717) is 5.01 Å². The molecule has 0 radical (unpaired) electrons. The summed E-state index contributed by atoms with van der Waals surface area (Å²) in [5.74, 6) is 0. The van der Waals surface area contributed by atoms with Crippen LogP contribution in [0.1, 0.15) is 11.1 Å². The number of rotatable bonds is 3. The van der Waals surface area contributed by atoms with E-state index in [1.807, 2.05) is 0 Å². The molecule has 2 atom stereocenters. The molecule has 3 N–H and O–H groups in total. The molecule has 62 valence electrons. The SMILES string of the molecule is OCC(O)C(O)c1nccs1. The third-order valence-corrected chi connectivity index (χ3v) is 2.10. The minimum Gasteiger partial charge on any atom is -0.394 e. The Labute approximate surface area is 67.8 Å². The van der Waals surface area contributed by atoms with Crippen molar-refractivity contribution < 1.29 is 15.3 Å². The number of nitrogens with zero attached hydrogens (tertiary/aromatic N) is 1. The lowest BCUT2D eigenvalue weighted by Gasteiger charge is -2.11. The normalized spacial score (nSPS) is 16.3. The monoisotopic (exact) mass is 175 g/mol. The topological polar surface area (TPSA) is 73.6 Å². The first kappa shape index (κ1) is 8.61. The van der Waals surface area contributed by atoms with Crippen molar-refractivity contribution in [3.63, 3.8) is 0 Å². The van der Waals surface area contributed by atoms with Crippen molar-refractivity contribution in [3.8, 4) is 0 Å². The lowest BCUT2D eigenvalue weighted by atomic mass is 10.2. The standard InChI is InChI=1S/C6H9NO3S/c8-3-4(9)5(10)6-7-1-2-11-6/h1-2,4-5,8-10H,3H2. The summed E-state index contributed by atoms with van der Waals surface area (Å²) >= 11 is 1.24. The van der Waals surface area contributed by atoms with E-state index in [0.717, 1.165) is 0 Å². The van der Waals surface area contributed by atoms with Crippen LogP contribution in [0.5, 0.6) is 0 Å². The van der Waals surface area contributed by atoms with Crippen LogP contribution in [0.4, 0.5) is 0 Å². The van der Waals surface area contributed by atoms with Crippen LogP contribution in [-0.4, -0.2) is 33.0 Å². The van der Waals surface area contributed by atoms with Gasteiger partial charge in [0, 0.05) is 11.6 Å². The van der Waals surface area contributed by atoms with E-state index in [1.165, 1.54) is 17.5 Å². The highest BCUT2D eigenvalue weighted by molar-refractivity contribution is 7.09. The summed E-state index contributed by atoms with van der Waals surface area (Å²) in [6.07, 6.45) is -0.672. The number of hydrogen-bond acceptors (Lipinski definition) is 5. The maximum atomic E-state index is 9.22. The number of aromatic nitrogens is 1. The molecule has 0 aliphatic carbocycles. The molecule has 1 aromatic rings. The minimum absolute atomic E-state index is 0.423. The Bertz CT molecular complexity index is 202. The highest BCUT2D eigenvalue weighted by atomic mass is 32.1. The van der Waals surface area contributed by atoms with Crippen LogP contribution in [0.3, 0.4) is 0 Å². The minimum atomic E-state index is -1.14. The Balaban J connectivity index is 2.62. The van der Waals surface area contributed by atoms with Crippen molar-refractivity contribution in [1.29, 1.82) is 0 Å². The van der Waals surface area contributed by atoms with E-state index in [4.69, 9.17) is 10.2 Å². The average molecular weight is 175 g/mol. The number of aliphatic hydroxyl groups excluding tert-OH is 3. The summed E-state index contributed by atoms with van der Waals surface area (Å²) in [5, 5.41) is 28.8. The Morgan fingerprint density at radius 1 is 1.55 bits per heavy atom. The molecule has 0 spiro atoms. The number of thiazole rings is 1.